The first-order valence-electron chi connectivity index (χ1n) is 5.67. The summed E-state index contributed by atoms with van der Waals surface area (Å²) in [6, 6.07) is 10.5. The minimum atomic E-state index is -0.427. The molecule has 2 nitrogen and oxygen atoms in total. The molecule has 0 saturated heterocycles. The number of halogens is 1. The van der Waals surface area contributed by atoms with Gasteiger partial charge in [0, 0.05) is 12.6 Å². The lowest BCUT2D eigenvalue weighted by Gasteiger charge is -2.23. The first-order valence-corrected chi connectivity index (χ1v) is 6.10. The summed E-state index contributed by atoms with van der Waals surface area (Å²) in [5, 5.41) is -0.427. The molecular weight excluding hydrogens is 222 g/mol. The number of hydrogen-bond acceptors (Lipinski definition) is 1. The molecule has 0 bridgehead atoms. The number of amides is 1. The molecule has 1 fully saturated rings. The van der Waals surface area contributed by atoms with E-state index in [4.69, 9.17) is 11.6 Å². The van der Waals surface area contributed by atoms with Gasteiger partial charge in [-0.2, -0.15) is 0 Å². The molecule has 0 N–H and O–H groups in total. The van der Waals surface area contributed by atoms with Gasteiger partial charge in [-0.25, -0.2) is 0 Å². The molecule has 0 spiro atoms. The van der Waals surface area contributed by atoms with Crippen LogP contribution in [-0.4, -0.2) is 22.2 Å². The lowest BCUT2D eigenvalue weighted by Crippen LogP contribution is -2.36. The molecule has 0 aliphatic heterocycles. The summed E-state index contributed by atoms with van der Waals surface area (Å²) < 4.78 is 0. The van der Waals surface area contributed by atoms with Crippen molar-refractivity contribution in [3.05, 3.63) is 35.9 Å². The lowest BCUT2D eigenvalue weighted by molar-refractivity contribution is -0.131. The Morgan fingerprint density at radius 1 is 1.44 bits per heavy atom. The van der Waals surface area contributed by atoms with Crippen molar-refractivity contribution >= 4 is 17.5 Å². The molecule has 3 heteroatoms. The molecule has 0 aromatic heterocycles. The van der Waals surface area contributed by atoms with Crippen molar-refractivity contribution in [2.75, 3.05) is 0 Å². The van der Waals surface area contributed by atoms with Crippen LogP contribution in [0, 0.1) is 0 Å². The Kier molecular flexibility index (Phi) is 3.49. The minimum absolute atomic E-state index is 0.0491. The van der Waals surface area contributed by atoms with Crippen LogP contribution >= 0.6 is 11.6 Å². The normalized spacial score (nSPS) is 16.9. The molecule has 1 aliphatic rings. The third kappa shape index (κ3) is 2.76. The maximum atomic E-state index is 11.9. The van der Waals surface area contributed by atoms with Crippen LogP contribution in [0.5, 0.6) is 0 Å². The van der Waals surface area contributed by atoms with Gasteiger partial charge in [0.25, 0.3) is 0 Å². The van der Waals surface area contributed by atoms with Crippen molar-refractivity contribution in [1.29, 1.82) is 0 Å². The molecule has 1 aliphatic carbocycles. The van der Waals surface area contributed by atoms with Gasteiger partial charge in [-0.05, 0) is 25.3 Å². The van der Waals surface area contributed by atoms with Crippen LogP contribution in [0.4, 0.5) is 0 Å². The van der Waals surface area contributed by atoms with Gasteiger partial charge in [0.2, 0.25) is 5.91 Å². The highest BCUT2D eigenvalue weighted by Crippen LogP contribution is 2.29. The van der Waals surface area contributed by atoms with Crippen LogP contribution in [0.2, 0.25) is 0 Å². The largest absolute Gasteiger partial charge is 0.334 e. The predicted molar refractivity (Wildman–Crippen MR) is 65.3 cm³/mol. The summed E-state index contributed by atoms with van der Waals surface area (Å²) in [4.78, 5) is 13.8. The second kappa shape index (κ2) is 4.88. The second-order valence-electron chi connectivity index (χ2n) is 4.30. The van der Waals surface area contributed by atoms with Crippen molar-refractivity contribution in [2.45, 2.75) is 37.7 Å². The average molecular weight is 238 g/mol. The van der Waals surface area contributed by atoms with Gasteiger partial charge in [0.05, 0.1) is 0 Å². The zero-order chi connectivity index (χ0) is 11.5. The van der Waals surface area contributed by atoms with Gasteiger partial charge >= 0.3 is 0 Å². The molecule has 16 heavy (non-hydrogen) atoms. The standard InChI is InChI=1S/C13H16ClNO/c1-10(14)13(16)15(12-7-8-12)9-11-5-3-2-4-6-11/h2-6,10,12H,7-9H2,1H3. The maximum absolute atomic E-state index is 11.9. The zero-order valence-electron chi connectivity index (χ0n) is 9.40. The molecule has 1 aromatic carbocycles. The Morgan fingerprint density at radius 3 is 2.56 bits per heavy atom. The van der Waals surface area contributed by atoms with E-state index in [1.165, 1.54) is 5.56 Å². The third-order valence-corrected chi connectivity index (χ3v) is 2.99. The van der Waals surface area contributed by atoms with E-state index in [0.29, 0.717) is 12.6 Å². The average Bonchev–Trinajstić information content (AvgIpc) is 3.10. The van der Waals surface area contributed by atoms with Gasteiger partial charge in [-0.1, -0.05) is 30.3 Å². The summed E-state index contributed by atoms with van der Waals surface area (Å²) >= 11 is 5.87. The number of alkyl halides is 1. The highest BCUT2D eigenvalue weighted by atomic mass is 35.5. The fourth-order valence-electron chi connectivity index (χ4n) is 1.78. The van der Waals surface area contributed by atoms with Crippen molar-refractivity contribution in [3.8, 4) is 0 Å². The lowest BCUT2D eigenvalue weighted by atomic mass is 10.2. The number of carbonyl (C=O) groups is 1. The monoisotopic (exact) mass is 237 g/mol. The molecule has 1 atom stereocenters. The second-order valence-corrected chi connectivity index (χ2v) is 4.95. The van der Waals surface area contributed by atoms with E-state index >= 15 is 0 Å². The van der Waals surface area contributed by atoms with Crippen molar-refractivity contribution < 1.29 is 4.79 Å². The fraction of sp³-hybridized carbons (Fsp3) is 0.462. The molecule has 1 saturated carbocycles. The van der Waals surface area contributed by atoms with Gasteiger partial charge < -0.3 is 4.90 Å². The van der Waals surface area contributed by atoms with Crippen LogP contribution in [0.1, 0.15) is 25.3 Å². The fourth-order valence-corrected chi connectivity index (χ4v) is 1.91. The number of rotatable bonds is 4. The zero-order valence-corrected chi connectivity index (χ0v) is 10.2. The number of benzene rings is 1. The van der Waals surface area contributed by atoms with E-state index in [9.17, 15) is 4.79 Å². The summed E-state index contributed by atoms with van der Waals surface area (Å²) in [6.45, 7) is 2.42. The van der Waals surface area contributed by atoms with Gasteiger partial charge in [-0.3, -0.25) is 4.79 Å². The van der Waals surface area contributed by atoms with Gasteiger partial charge in [0.1, 0.15) is 5.38 Å². The van der Waals surface area contributed by atoms with E-state index in [1.807, 2.05) is 35.2 Å². The molecular formula is C13H16ClNO. The van der Waals surface area contributed by atoms with E-state index < -0.39 is 5.38 Å². The molecule has 2 rings (SSSR count). The van der Waals surface area contributed by atoms with Crippen LogP contribution in [0.15, 0.2) is 30.3 Å². The smallest absolute Gasteiger partial charge is 0.240 e. The van der Waals surface area contributed by atoms with Crippen LogP contribution in [0.3, 0.4) is 0 Å². The summed E-state index contributed by atoms with van der Waals surface area (Å²) in [5.74, 6) is 0.0491. The van der Waals surface area contributed by atoms with Crippen molar-refractivity contribution in [1.82, 2.24) is 4.90 Å². The quantitative estimate of drug-likeness (QED) is 0.738. The van der Waals surface area contributed by atoms with Crippen molar-refractivity contribution in [2.24, 2.45) is 0 Å². The summed E-state index contributed by atoms with van der Waals surface area (Å²) in [6.07, 6.45) is 2.23. The molecule has 1 amide bonds. The SMILES string of the molecule is CC(Cl)C(=O)N(Cc1ccccc1)C1CC1. The van der Waals surface area contributed by atoms with Crippen LogP contribution in [0.25, 0.3) is 0 Å². The molecule has 1 aromatic rings. The number of hydrogen-bond donors (Lipinski definition) is 0. The van der Waals surface area contributed by atoms with Crippen molar-refractivity contribution in [3.63, 3.8) is 0 Å². The van der Waals surface area contributed by atoms with E-state index in [1.54, 1.807) is 6.92 Å². The topological polar surface area (TPSA) is 20.3 Å². The Labute approximate surface area is 101 Å². The highest BCUT2D eigenvalue weighted by Gasteiger charge is 2.33. The molecule has 0 radical (unpaired) electrons. The predicted octanol–water partition coefficient (Wildman–Crippen LogP) is 2.80. The molecule has 86 valence electrons. The maximum Gasteiger partial charge on any atom is 0.240 e. The Bertz CT molecular complexity index is 359. The molecule has 0 heterocycles. The number of carbonyl (C=O) groups excluding carboxylic acids is 1. The minimum Gasteiger partial charge on any atom is -0.334 e. The van der Waals surface area contributed by atoms with Crippen LogP contribution in [-0.2, 0) is 11.3 Å². The summed E-state index contributed by atoms with van der Waals surface area (Å²) in [7, 11) is 0. The summed E-state index contributed by atoms with van der Waals surface area (Å²) in [5.41, 5.74) is 1.17. The number of nitrogens with zero attached hydrogens (tertiary/aromatic N) is 1. The highest BCUT2D eigenvalue weighted by molar-refractivity contribution is 6.30. The van der Waals surface area contributed by atoms with Gasteiger partial charge in [0.15, 0.2) is 0 Å². The van der Waals surface area contributed by atoms with Crippen LogP contribution < -0.4 is 0 Å². The first-order chi connectivity index (χ1) is 7.68. The Hall–Kier alpha value is -1.02. The third-order valence-electron chi connectivity index (χ3n) is 2.81. The van der Waals surface area contributed by atoms with E-state index in [2.05, 4.69) is 0 Å². The van der Waals surface area contributed by atoms with Gasteiger partial charge in [-0.15, -0.1) is 11.6 Å². The Balaban J connectivity index is 2.06. The van der Waals surface area contributed by atoms with E-state index in [0.717, 1.165) is 12.8 Å². The van der Waals surface area contributed by atoms with E-state index in [-0.39, 0.29) is 5.91 Å². The Morgan fingerprint density at radius 2 is 2.06 bits per heavy atom. The molecule has 1 unspecified atom stereocenters. The first kappa shape index (κ1) is 11.5.